The fourth-order valence-corrected chi connectivity index (χ4v) is 1.96. The lowest BCUT2D eigenvalue weighted by atomic mass is 10.1. The molecule has 5 N–H and O–H groups in total. The molecule has 0 spiro atoms. The lowest BCUT2D eigenvalue weighted by molar-refractivity contribution is 0.234. The van der Waals surface area contributed by atoms with E-state index < -0.39 is 15.9 Å². The Hall–Kier alpha value is -1.44. The zero-order valence-electron chi connectivity index (χ0n) is 7.98. The standard InChI is InChI=1S/C8H11N3O3S/c1-5-2-3-6(8(9)11-12)7(4-5)15(10,13)14/h2-4,12H,1H3,(H2,9,11)(H2,10,13,14). The van der Waals surface area contributed by atoms with Crippen molar-refractivity contribution >= 4 is 15.9 Å². The molecular weight excluding hydrogens is 218 g/mol. The number of sulfonamides is 1. The predicted octanol–water partition coefficient (Wildman–Crippen LogP) is -0.0534. The van der Waals surface area contributed by atoms with Crippen LogP contribution in [0.1, 0.15) is 11.1 Å². The highest BCUT2D eigenvalue weighted by molar-refractivity contribution is 7.89. The van der Waals surface area contributed by atoms with E-state index in [0.717, 1.165) is 0 Å². The van der Waals surface area contributed by atoms with Crippen molar-refractivity contribution in [2.24, 2.45) is 5.14 Å². The summed E-state index contributed by atoms with van der Waals surface area (Å²) < 4.78 is 22.4. The van der Waals surface area contributed by atoms with E-state index in [2.05, 4.69) is 0 Å². The molecule has 0 aliphatic rings. The summed E-state index contributed by atoms with van der Waals surface area (Å²) in [7, 11) is -3.90. The molecule has 1 aromatic carbocycles. The molecule has 15 heavy (non-hydrogen) atoms. The fraction of sp³-hybridized carbons (Fsp3) is 0.125. The van der Waals surface area contributed by atoms with Crippen LogP contribution in [0.4, 0.5) is 0 Å². The van der Waals surface area contributed by atoms with E-state index in [1.165, 1.54) is 12.1 Å². The summed E-state index contributed by atoms with van der Waals surface area (Å²) in [6, 6.07) is 4.37. The summed E-state index contributed by atoms with van der Waals surface area (Å²) in [6.45, 7) is 1.70. The van der Waals surface area contributed by atoms with Crippen molar-refractivity contribution in [1.29, 1.82) is 5.41 Å². The van der Waals surface area contributed by atoms with Gasteiger partial charge in [-0.05, 0) is 24.6 Å². The quantitative estimate of drug-likeness (QED) is 0.323. The van der Waals surface area contributed by atoms with Crippen molar-refractivity contribution in [1.82, 2.24) is 5.48 Å². The smallest absolute Gasteiger partial charge is 0.238 e. The third-order valence-corrected chi connectivity index (χ3v) is 2.78. The van der Waals surface area contributed by atoms with Gasteiger partial charge in [-0.3, -0.25) is 16.1 Å². The van der Waals surface area contributed by atoms with E-state index in [9.17, 15) is 8.42 Å². The van der Waals surface area contributed by atoms with Crippen LogP contribution >= 0.6 is 0 Å². The maximum absolute atomic E-state index is 11.2. The van der Waals surface area contributed by atoms with Crippen molar-refractivity contribution in [2.45, 2.75) is 11.8 Å². The van der Waals surface area contributed by atoms with E-state index in [-0.39, 0.29) is 10.5 Å². The highest BCUT2D eigenvalue weighted by Crippen LogP contribution is 2.15. The third kappa shape index (κ3) is 2.52. The molecule has 0 aliphatic carbocycles. The minimum atomic E-state index is -3.90. The lowest BCUT2D eigenvalue weighted by Crippen LogP contribution is -2.24. The Morgan fingerprint density at radius 2 is 2.13 bits per heavy atom. The van der Waals surface area contributed by atoms with Crippen molar-refractivity contribution in [2.75, 3.05) is 0 Å². The van der Waals surface area contributed by atoms with Gasteiger partial charge in [-0.25, -0.2) is 13.6 Å². The Balaban J connectivity index is 3.47. The summed E-state index contributed by atoms with van der Waals surface area (Å²) in [6.07, 6.45) is 0. The number of amidine groups is 1. The molecule has 0 fully saturated rings. The number of rotatable bonds is 2. The largest absolute Gasteiger partial charge is 0.290 e. The number of primary sulfonamides is 1. The van der Waals surface area contributed by atoms with Gasteiger partial charge in [0, 0.05) is 5.56 Å². The average Bonchev–Trinajstić information content (AvgIpc) is 2.15. The van der Waals surface area contributed by atoms with Crippen LogP contribution in [0.2, 0.25) is 0 Å². The molecule has 0 radical (unpaired) electrons. The molecule has 0 heterocycles. The van der Waals surface area contributed by atoms with Gasteiger partial charge in [0.1, 0.15) is 0 Å². The van der Waals surface area contributed by atoms with Crippen LogP contribution < -0.4 is 10.6 Å². The highest BCUT2D eigenvalue weighted by Gasteiger charge is 2.16. The molecule has 6 nitrogen and oxygen atoms in total. The molecule has 7 heteroatoms. The van der Waals surface area contributed by atoms with Crippen molar-refractivity contribution in [3.05, 3.63) is 29.3 Å². The van der Waals surface area contributed by atoms with Crippen LogP contribution in [0.25, 0.3) is 0 Å². The van der Waals surface area contributed by atoms with E-state index >= 15 is 0 Å². The van der Waals surface area contributed by atoms with Crippen LogP contribution in [-0.2, 0) is 10.0 Å². The maximum Gasteiger partial charge on any atom is 0.238 e. The molecule has 82 valence electrons. The Morgan fingerprint density at radius 3 is 2.60 bits per heavy atom. The molecule has 1 aromatic rings. The van der Waals surface area contributed by atoms with Gasteiger partial charge >= 0.3 is 0 Å². The summed E-state index contributed by atoms with van der Waals surface area (Å²) in [5.74, 6) is -0.418. The van der Waals surface area contributed by atoms with E-state index in [1.54, 1.807) is 18.5 Å². The van der Waals surface area contributed by atoms with Gasteiger partial charge in [0.25, 0.3) is 0 Å². The normalized spacial score (nSPS) is 11.1. The third-order valence-electron chi connectivity index (χ3n) is 1.82. The number of hydrogen-bond acceptors (Lipinski definition) is 4. The first-order valence-electron chi connectivity index (χ1n) is 3.98. The Labute approximate surface area is 87.2 Å². The summed E-state index contributed by atoms with van der Waals surface area (Å²) >= 11 is 0. The van der Waals surface area contributed by atoms with Crippen LogP contribution in [0.5, 0.6) is 0 Å². The zero-order valence-corrected chi connectivity index (χ0v) is 8.80. The molecule has 0 unspecified atom stereocenters. The van der Waals surface area contributed by atoms with Gasteiger partial charge in [0.2, 0.25) is 10.0 Å². The van der Waals surface area contributed by atoms with E-state index in [4.69, 9.17) is 15.8 Å². The molecule has 0 aromatic heterocycles. The van der Waals surface area contributed by atoms with Gasteiger partial charge in [0.05, 0.1) is 4.90 Å². The van der Waals surface area contributed by atoms with Gasteiger partial charge < -0.3 is 0 Å². The van der Waals surface area contributed by atoms with Crippen molar-refractivity contribution in [3.8, 4) is 0 Å². The first-order chi connectivity index (χ1) is 6.86. The molecule has 0 saturated heterocycles. The fourth-order valence-electron chi connectivity index (χ4n) is 1.13. The maximum atomic E-state index is 11.2. The zero-order chi connectivity index (χ0) is 11.6. The van der Waals surface area contributed by atoms with E-state index in [0.29, 0.717) is 5.56 Å². The van der Waals surface area contributed by atoms with Crippen molar-refractivity contribution < 1.29 is 13.6 Å². The molecule has 0 amide bonds. The second-order valence-corrected chi connectivity index (χ2v) is 4.56. The minimum absolute atomic E-state index is 0.0330. The Kier molecular flexibility index (Phi) is 3.08. The minimum Gasteiger partial charge on any atom is -0.290 e. The molecule has 0 saturated carbocycles. The van der Waals surface area contributed by atoms with Gasteiger partial charge in [-0.15, -0.1) is 0 Å². The average molecular weight is 229 g/mol. The molecule has 0 aliphatic heterocycles. The first kappa shape index (κ1) is 11.6. The van der Waals surface area contributed by atoms with Crippen LogP contribution in [0.15, 0.2) is 23.1 Å². The number of hydroxylamine groups is 1. The summed E-state index contributed by atoms with van der Waals surface area (Å²) in [4.78, 5) is -0.186. The number of nitrogens with one attached hydrogen (secondary N) is 2. The SMILES string of the molecule is Cc1ccc(C(=N)NO)c(S(N)(=O)=O)c1. The summed E-state index contributed by atoms with van der Waals surface area (Å²) in [5.41, 5.74) is 2.31. The number of aryl methyl sites for hydroxylation is 1. The van der Waals surface area contributed by atoms with Crippen LogP contribution in [0, 0.1) is 12.3 Å². The van der Waals surface area contributed by atoms with Gasteiger partial charge in [0.15, 0.2) is 5.84 Å². The van der Waals surface area contributed by atoms with Gasteiger partial charge in [-0.1, -0.05) is 6.07 Å². The van der Waals surface area contributed by atoms with Crippen LogP contribution in [-0.4, -0.2) is 19.5 Å². The highest BCUT2D eigenvalue weighted by atomic mass is 32.2. The first-order valence-corrected chi connectivity index (χ1v) is 5.53. The number of nitrogens with two attached hydrogens (primary N) is 1. The van der Waals surface area contributed by atoms with Crippen LogP contribution in [0.3, 0.4) is 0 Å². The summed E-state index contributed by atoms with van der Waals surface area (Å²) in [5, 5.41) is 20.8. The molecular formula is C8H11N3O3S. The van der Waals surface area contributed by atoms with Gasteiger partial charge in [-0.2, -0.15) is 0 Å². The molecule has 0 bridgehead atoms. The topological polar surface area (TPSA) is 116 Å². The Morgan fingerprint density at radius 1 is 1.53 bits per heavy atom. The monoisotopic (exact) mass is 229 g/mol. The van der Waals surface area contributed by atoms with Crippen molar-refractivity contribution in [3.63, 3.8) is 0 Å². The molecule has 0 atom stereocenters. The van der Waals surface area contributed by atoms with E-state index in [1.807, 2.05) is 0 Å². The molecule has 1 rings (SSSR count). The second kappa shape index (κ2) is 3.97. The number of hydrogen-bond donors (Lipinski definition) is 4. The lowest BCUT2D eigenvalue weighted by Gasteiger charge is -2.08. The predicted molar refractivity (Wildman–Crippen MR) is 54.3 cm³/mol. The number of benzene rings is 1. The Bertz CT molecular complexity index is 496. The second-order valence-electron chi connectivity index (χ2n) is 3.03.